The Morgan fingerprint density at radius 1 is 1.18 bits per heavy atom. The van der Waals surface area contributed by atoms with Crippen LogP contribution in [0.25, 0.3) is 11.4 Å². The lowest BCUT2D eigenvalue weighted by molar-refractivity contribution is 0.0690. The van der Waals surface area contributed by atoms with Crippen LogP contribution in [-0.4, -0.2) is 49.9 Å². The summed E-state index contributed by atoms with van der Waals surface area (Å²) in [5, 5.41) is 6.60. The summed E-state index contributed by atoms with van der Waals surface area (Å²) in [5.41, 5.74) is -0.965. The Morgan fingerprint density at radius 3 is 2.41 bits per heavy atom. The van der Waals surface area contributed by atoms with Crippen LogP contribution in [0.1, 0.15) is 10.5 Å². The lowest BCUT2D eigenvalue weighted by Gasteiger charge is -2.25. The van der Waals surface area contributed by atoms with Crippen LogP contribution in [0, 0.1) is 11.6 Å². The molecule has 0 saturated heterocycles. The second-order valence-corrected chi connectivity index (χ2v) is 4.26. The quantitative estimate of drug-likeness (QED) is 0.837. The van der Waals surface area contributed by atoms with Crippen molar-refractivity contribution < 1.29 is 23.4 Å². The SMILES string of the molecule is [B]C([B])([B])Oc1c(F)ccc(F)c1-c1nccc(C(=O)O)n1. The van der Waals surface area contributed by atoms with E-state index in [2.05, 4.69) is 9.97 Å². The van der Waals surface area contributed by atoms with E-state index in [4.69, 9.17) is 33.4 Å². The maximum atomic E-state index is 14.0. The number of hydrogen-bond donors (Lipinski definition) is 1. The van der Waals surface area contributed by atoms with Gasteiger partial charge in [-0.3, -0.25) is 0 Å². The number of carboxylic acids is 1. The monoisotopic (exact) mass is 296 g/mol. The summed E-state index contributed by atoms with van der Waals surface area (Å²) < 4.78 is 32.7. The molecule has 104 valence electrons. The number of aromatic carboxylic acids is 1. The van der Waals surface area contributed by atoms with Crippen molar-refractivity contribution in [3.63, 3.8) is 0 Å². The van der Waals surface area contributed by atoms with E-state index in [1.807, 2.05) is 0 Å². The van der Waals surface area contributed by atoms with E-state index < -0.39 is 45.7 Å². The summed E-state index contributed by atoms with van der Waals surface area (Å²) in [5.74, 6) is -4.51. The lowest BCUT2D eigenvalue weighted by atomic mass is 9.52. The highest BCUT2D eigenvalue weighted by Gasteiger charge is 2.24. The van der Waals surface area contributed by atoms with Gasteiger partial charge < -0.3 is 9.84 Å². The molecule has 2 aromatic rings. The standard InChI is InChI=1S/C12H5B3F2N2O3/c13-12(14,15)22-9-6(17)2-1-5(16)8(9)10-18-4-3-7(19-10)11(20)21/h1-4H,(H,20,21). The van der Waals surface area contributed by atoms with E-state index in [1.165, 1.54) is 0 Å². The van der Waals surface area contributed by atoms with Gasteiger partial charge in [0.05, 0.1) is 5.56 Å². The molecule has 0 amide bonds. The van der Waals surface area contributed by atoms with Gasteiger partial charge in [-0.25, -0.2) is 23.5 Å². The fraction of sp³-hybridized carbons (Fsp3) is 0.0833. The highest BCUT2D eigenvalue weighted by Crippen LogP contribution is 2.34. The van der Waals surface area contributed by atoms with Gasteiger partial charge in [-0.2, -0.15) is 0 Å². The minimum absolute atomic E-state index is 0.417. The minimum Gasteiger partial charge on any atom is -0.512 e. The Labute approximate surface area is 128 Å². The molecule has 2 rings (SSSR count). The van der Waals surface area contributed by atoms with E-state index in [1.54, 1.807) is 0 Å². The van der Waals surface area contributed by atoms with Gasteiger partial charge in [0.15, 0.2) is 23.1 Å². The molecule has 1 heterocycles. The molecule has 6 radical (unpaired) electrons. The Bertz CT molecular complexity index is 738. The second-order valence-electron chi connectivity index (χ2n) is 4.26. The van der Waals surface area contributed by atoms with Gasteiger partial charge in [0.1, 0.15) is 29.4 Å². The first-order valence-electron chi connectivity index (χ1n) is 5.79. The first kappa shape index (κ1) is 16.0. The Kier molecular flexibility index (Phi) is 4.21. The van der Waals surface area contributed by atoms with Crippen molar-refractivity contribution in [3.8, 4) is 17.1 Å². The number of aromatic nitrogens is 2. The fourth-order valence-corrected chi connectivity index (χ4v) is 1.62. The summed E-state index contributed by atoms with van der Waals surface area (Å²) in [6.45, 7) is 0. The highest BCUT2D eigenvalue weighted by molar-refractivity contribution is 6.58. The number of rotatable bonds is 4. The molecule has 10 heteroatoms. The number of carboxylic acid groups (broad SMARTS) is 1. The molecule has 5 nitrogen and oxygen atoms in total. The average molecular weight is 296 g/mol. The summed E-state index contributed by atoms with van der Waals surface area (Å²) in [6, 6.07) is 2.64. The number of benzene rings is 1. The van der Waals surface area contributed by atoms with Gasteiger partial charge in [0.25, 0.3) is 0 Å². The topological polar surface area (TPSA) is 72.3 Å². The molecule has 0 unspecified atom stereocenters. The van der Waals surface area contributed by atoms with Crippen LogP contribution >= 0.6 is 0 Å². The fourth-order valence-electron chi connectivity index (χ4n) is 1.62. The zero-order valence-electron chi connectivity index (χ0n) is 11.0. The van der Waals surface area contributed by atoms with Crippen LogP contribution < -0.4 is 4.74 Å². The predicted octanol–water partition coefficient (Wildman–Crippen LogP) is 0.616. The molecular formula is C12H5B3F2N2O3. The molecule has 0 saturated carbocycles. The zero-order valence-corrected chi connectivity index (χ0v) is 11.0. The predicted molar refractivity (Wildman–Crippen MR) is 75.0 cm³/mol. The van der Waals surface area contributed by atoms with Crippen molar-refractivity contribution in [1.29, 1.82) is 0 Å². The summed E-state index contributed by atoms with van der Waals surface area (Å²) >= 11 is 0. The maximum Gasteiger partial charge on any atom is 0.354 e. The number of nitrogens with zero attached hydrogens (tertiary/aromatic N) is 2. The molecule has 0 aliphatic rings. The molecule has 0 aliphatic carbocycles. The molecule has 0 spiro atoms. The largest absolute Gasteiger partial charge is 0.512 e. The van der Waals surface area contributed by atoms with E-state index in [0.29, 0.717) is 0 Å². The van der Waals surface area contributed by atoms with Crippen LogP contribution in [0.15, 0.2) is 24.4 Å². The van der Waals surface area contributed by atoms with Crippen molar-refractivity contribution in [2.24, 2.45) is 0 Å². The van der Waals surface area contributed by atoms with Crippen LogP contribution in [-0.2, 0) is 0 Å². The van der Waals surface area contributed by atoms with Gasteiger partial charge in [0, 0.05) is 6.20 Å². The van der Waals surface area contributed by atoms with Crippen molar-refractivity contribution in [1.82, 2.24) is 9.97 Å². The van der Waals surface area contributed by atoms with Crippen LogP contribution in [0.3, 0.4) is 0 Å². The number of hydrogen-bond acceptors (Lipinski definition) is 4. The van der Waals surface area contributed by atoms with Crippen molar-refractivity contribution in [2.75, 3.05) is 0 Å². The molecule has 0 atom stereocenters. The Hall–Kier alpha value is -2.38. The Morgan fingerprint density at radius 2 is 1.82 bits per heavy atom. The number of ether oxygens (including phenoxy) is 1. The molecule has 0 fully saturated rings. The van der Waals surface area contributed by atoms with Gasteiger partial charge in [-0.1, -0.05) is 0 Å². The van der Waals surface area contributed by atoms with Gasteiger partial charge in [0.2, 0.25) is 0 Å². The molecule has 0 bridgehead atoms. The molecule has 0 aliphatic heterocycles. The first-order valence-corrected chi connectivity index (χ1v) is 5.79. The summed E-state index contributed by atoms with van der Waals surface area (Å²) in [4.78, 5) is 18.2. The van der Waals surface area contributed by atoms with Gasteiger partial charge in [-0.15, -0.1) is 0 Å². The van der Waals surface area contributed by atoms with E-state index in [9.17, 15) is 13.6 Å². The third-order valence-electron chi connectivity index (χ3n) is 2.44. The molecule has 1 aromatic heterocycles. The maximum absolute atomic E-state index is 14.0. The van der Waals surface area contributed by atoms with Crippen molar-refractivity contribution in [2.45, 2.75) is 5.30 Å². The average Bonchev–Trinajstić information content (AvgIpc) is 2.42. The van der Waals surface area contributed by atoms with Crippen molar-refractivity contribution in [3.05, 3.63) is 41.7 Å². The summed E-state index contributed by atoms with van der Waals surface area (Å²) in [6.07, 6.45) is 1.07. The molecule has 1 N–H and O–H groups in total. The first-order chi connectivity index (χ1) is 10.2. The highest BCUT2D eigenvalue weighted by atomic mass is 19.1. The number of carbonyl (C=O) groups is 1. The van der Waals surface area contributed by atoms with Gasteiger partial charge >= 0.3 is 5.97 Å². The smallest absolute Gasteiger partial charge is 0.354 e. The third kappa shape index (κ3) is 3.44. The minimum atomic E-state index is -2.28. The summed E-state index contributed by atoms with van der Waals surface area (Å²) in [7, 11) is 15.7. The molecule has 1 aromatic carbocycles. The normalized spacial score (nSPS) is 11.2. The lowest BCUT2D eigenvalue weighted by Crippen LogP contribution is -2.38. The third-order valence-corrected chi connectivity index (χ3v) is 2.44. The van der Waals surface area contributed by atoms with E-state index >= 15 is 0 Å². The number of halogens is 2. The van der Waals surface area contributed by atoms with Crippen LogP contribution in [0.4, 0.5) is 8.78 Å². The molecular weight excluding hydrogens is 291 g/mol. The van der Waals surface area contributed by atoms with Gasteiger partial charge in [-0.05, 0) is 23.5 Å². The van der Waals surface area contributed by atoms with Crippen molar-refractivity contribution >= 4 is 29.5 Å². The zero-order chi connectivity index (χ0) is 16.5. The van der Waals surface area contributed by atoms with E-state index in [-0.39, 0.29) is 0 Å². The second kappa shape index (κ2) is 5.78. The van der Waals surface area contributed by atoms with E-state index in [0.717, 1.165) is 24.4 Å². The Balaban J connectivity index is 2.66. The molecule has 22 heavy (non-hydrogen) atoms. The van der Waals surface area contributed by atoms with Crippen LogP contribution in [0.2, 0.25) is 0 Å². The van der Waals surface area contributed by atoms with Crippen LogP contribution in [0.5, 0.6) is 5.75 Å².